The first-order chi connectivity index (χ1) is 8.90. The van der Waals surface area contributed by atoms with Gasteiger partial charge in [-0.2, -0.15) is 0 Å². The van der Waals surface area contributed by atoms with Crippen LogP contribution < -0.4 is 10.5 Å². The standard InChI is InChI=1S/C16H18ClNO/c1-9-5-6-14(10(2)7-9)19-16-11(3)8-13(18)12(4)15(16)17/h5-8H,18H2,1-4H3. The molecule has 19 heavy (non-hydrogen) atoms. The van der Waals surface area contributed by atoms with E-state index in [0.717, 1.165) is 22.4 Å². The predicted octanol–water partition coefficient (Wildman–Crippen LogP) is 4.95. The molecule has 0 aromatic heterocycles. The maximum absolute atomic E-state index is 6.33. The van der Waals surface area contributed by atoms with Gasteiger partial charge < -0.3 is 10.5 Å². The molecule has 0 amide bonds. The van der Waals surface area contributed by atoms with Crippen LogP contribution in [0.5, 0.6) is 11.5 Å². The van der Waals surface area contributed by atoms with E-state index in [9.17, 15) is 0 Å². The molecule has 0 aliphatic heterocycles. The van der Waals surface area contributed by atoms with Gasteiger partial charge in [-0.05, 0) is 56.5 Å². The summed E-state index contributed by atoms with van der Waals surface area (Å²) in [5.74, 6) is 1.50. The van der Waals surface area contributed by atoms with Gasteiger partial charge in [-0.1, -0.05) is 29.3 Å². The number of aryl methyl sites for hydroxylation is 3. The predicted molar refractivity (Wildman–Crippen MR) is 81.3 cm³/mol. The molecule has 2 N–H and O–H groups in total. The number of rotatable bonds is 2. The van der Waals surface area contributed by atoms with E-state index in [1.165, 1.54) is 5.56 Å². The number of benzene rings is 2. The van der Waals surface area contributed by atoms with Gasteiger partial charge >= 0.3 is 0 Å². The number of hydrogen-bond acceptors (Lipinski definition) is 2. The van der Waals surface area contributed by atoms with Crippen molar-refractivity contribution in [1.29, 1.82) is 0 Å². The first-order valence-corrected chi connectivity index (χ1v) is 6.58. The molecule has 2 rings (SSSR count). The summed E-state index contributed by atoms with van der Waals surface area (Å²) < 4.78 is 5.97. The molecule has 0 aliphatic carbocycles. The lowest BCUT2D eigenvalue weighted by Crippen LogP contribution is -1.97. The van der Waals surface area contributed by atoms with Gasteiger partial charge in [0.2, 0.25) is 0 Å². The molecule has 0 spiro atoms. The van der Waals surface area contributed by atoms with E-state index in [0.29, 0.717) is 16.5 Å². The molecule has 0 atom stereocenters. The Morgan fingerprint density at radius 2 is 1.68 bits per heavy atom. The van der Waals surface area contributed by atoms with E-state index in [4.69, 9.17) is 22.1 Å². The van der Waals surface area contributed by atoms with Gasteiger partial charge in [-0.3, -0.25) is 0 Å². The molecule has 0 bridgehead atoms. The number of ether oxygens (including phenoxy) is 1. The molecular formula is C16H18ClNO. The van der Waals surface area contributed by atoms with E-state index < -0.39 is 0 Å². The number of anilines is 1. The molecule has 0 saturated carbocycles. The Kier molecular flexibility index (Phi) is 3.72. The third-order valence-electron chi connectivity index (χ3n) is 3.23. The van der Waals surface area contributed by atoms with Crippen LogP contribution >= 0.6 is 11.6 Å². The second-order valence-corrected chi connectivity index (χ2v) is 5.30. The highest BCUT2D eigenvalue weighted by Crippen LogP contribution is 2.38. The van der Waals surface area contributed by atoms with E-state index in [1.807, 2.05) is 39.0 Å². The molecular weight excluding hydrogens is 258 g/mol. The molecule has 0 fully saturated rings. The monoisotopic (exact) mass is 275 g/mol. The van der Waals surface area contributed by atoms with Crippen molar-refractivity contribution in [3.05, 3.63) is 51.5 Å². The van der Waals surface area contributed by atoms with Crippen LogP contribution in [0, 0.1) is 27.7 Å². The van der Waals surface area contributed by atoms with Crippen molar-refractivity contribution >= 4 is 17.3 Å². The van der Waals surface area contributed by atoms with Crippen LogP contribution in [0.2, 0.25) is 5.02 Å². The van der Waals surface area contributed by atoms with Crippen LogP contribution in [-0.2, 0) is 0 Å². The Balaban J connectivity index is 2.47. The van der Waals surface area contributed by atoms with Crippen molar-refractivity contribution in [1.82, 2.24) is 0 Å². The molecule has 2 aromatic rings. The second kappa shape index (κ2) is 5.14. The van der Waals surface area contributed by atoms with Crippen LogP contribution in [-0.4, -0.2) is 0 Å². The van der Waals surface area contributed by atoms with Crippen molar-refractivity contribution in [3.8, 4) is 11.5 Å². The zero-order valence-corrected chi connectivity index (χ0v) is 12.4. The summed E-state index contributed by atoms with van der Waals surface area (Å²) in [6.45, 7) is 7.92. The van der Waals surface area contributed by atoms with Gasteiger partial charge in [0.25, 0.3) is 0 Å². The van der Waals surface area contributed by atoms with Crippen molar-refractivity contribution in [2.75, 3.05) is 5.73 Å². The molecule has 100 valence electrons. The van der Waals surface area contributed by atoms with Crippen LogP contribution in [0.4, 0.5) is 5.69 Å². The summed E-state index contributed by atoms with van der Waals surface area (Å²) in [6.07, 6.45) is 0. The Morgan fingerprint density at radius 1 is 1.00 bits per heavy atom. The van der Waals surface area contributed by atoms with Crippen molar-refractivity contribution in [2.24, 2.45) is 0 Å². The third-order valence-corrected chi connectivity index (χ3v) is 3.69. The topological polar surface area (TPSA) is 35.2 Å². The maximum Gasteiger partial charge on any atom is 0.149 e. The maximum atomic E-state index is 6.33. The average molecular weight is 276 g/mol. The summed E-state index contributed by atoms with van der Waals surface area (Å²) >= 11 is 6.33. The normalized spacial score (nSPS) is 10.6. The summed E-state index contributed by atoms with van der Waals surface area (Å²) in [5, 5.41) is 0.581. The first-order valence-electron chi connectivity index (χ1n) is 6.20. The van der Waals surface area contributed by atoms with Gasteiger partial charge in [-0.15, -0.1) is 0 Å². The summed E-state index contributed by atoms with van der Waals surface area (Å²) in [4.78, 5) is 0. The number of halogens is 1. The third kappa shape index (κ3) is 2.69. The van der Waals surface area contributed by atoms with E-state index in [2.05, 4.69) is 13.0 Å². The smallest absolute Gasteiger partial charge is 0.149 e. The largest absolute Gasteiger partial charge is 0.455 e. The zero-order valence-electron chi connectivity index (χ0n) is 11.7. The summed E-state index contributed by atoms with van der Waals surface area (Å²) in [5.41, 5.74) is 10.7. The van der Waals surface area contributed by atoms with Crippen molar-refractivity contribution in [3.63, 3.8) is 0 Å². The van der Waals surface area contributed by atoms with Gasteiger partial charge in [-0.25, -0.2) is 0 Å². The Morgan fingerprint density at radius 3 is 2.32 bits per heavy atom. The van der Waals surface area contributed by atoms with E-state index in [-0.39, 0.29) is 0 Å². The molecule has 3 heteroatoms. The van der Waals surface area contributed by atoms with Gasteiger partial charge in [0.15, 0.2) is 0 Å². The van der Waals surface area contributed by atoms with Crippen LogP contribution in [0.3, 0.4) is 0 Å². The number of nitrogens with two attached hydrogens (primary N) is 1. The summed E-state index contributed by atoms with van der Waals surface area (Å²) in [7, 11) is 0. The highest BCUT2D eigenvalue weighted by atomic mass is 35.5. The number of hydrogen-bond donors (Lipinski definition) is 1. The quantitative estimate of drug-likeness (QED) is 0.787. The fraction of sp³-hybridized carbons (Fsp3) is 0.250. The second-order valence-electron chi connectivity index (χ2n) is 4.92. The van der Waals surface area contributed by atoms with Crippen LogP contribution in [0.25, 0.3) is 0 Å². The molecule has 0 saturated heterocycles. The van der Waals surface area contributed by atoms with Crippen LogP contribution in [0.15, 0.2) is 24.3 Å². The minimum atomic E-state index is 0.581. The minimum absolute atomic E-state index is 0.581. The summed E-state index contributed by atoms with van der Waals surface area (Å²) in [6, 6.07) is 7.96. The fourth-order valence-electron chi connectivity index (χ4n) is 2.03. The molecule has 0 aliphatic rings. The SMILES string of the molecule is Cc1ccc(Oc2c(C)cc(N)c(C)c2Cl)c(C)c1. The molecule has 0 unspecified atom stereocenters. The Hall–Kier alpha value is -1.67. The van der Waals surface area contributed by atoms with E-state index >= 15 is 0 Å². The van der Waals surface area contributed by atoms with Gasteiger partial charge in [0, 0.05) is 5.69 Å². The fourth-order valence-corrected chi connectivity index (χ4v) is 2.32. The first kappa shape index (κ1) is 13.8. The van der Waals surface area contributed by atoms with E-state index in [1.54, 1.807) is 0 Å². The molecule has 0 radical (unpaired) electrons. The van der Waals surface area contributed by atoms with Crippen LogP contribution in [0.1, 0.15) is 22.3 Å². The van der Waals surface area contributed by atoms with Gasteiger partial charge in [0.1, 0.15) is 11.5 Å². The molecule has 2 nitrogen and oxygen atoms in total. The Bertz CT molecular complexity index is 635. The highest BCUT2D eigenvalue weighted by Gasteiger charge is 2.13. The lowest BCUT2D eigenvalue weighted by atomic mass is 10.1. The van der Waals surface area contributed by atoms with Gasteiger partial charge in [0.05, 0.1) is 5.02 Å². The average Bonchev–Trinajstić information content (AvgIpc) is 2.34. The lowest BCUT2D eigenvalue weighted by molar-refractivity contribution is 0.475. The Labute approximate surface area is 119 Å². The van der Waals surface area contributed by atoms with Crippen molar-refractivity contribution in [2.45, 2.75) is 27.7 Å². The highest BCUT2D eigenvalue weighted by molar-refractivity contribution is 6.33. The molecule has 2 aromatic carbocycles. The molecule has 0 heterocycles. The number of nitrogen functional groups attached to an aromatic ring is 1. The lowest BCUT2D eigenvalue weighted by Gasteiger charge is -2.15. The zero-order chi connectivity index (χ0) is 14.2. The minimum Gasteiger partial charge on any atom is -0.455 e. The van der Waals surface area contributed by atoms with Crippen molar-refractivity contribution < 1.29 is 4.74 Å².